The van der Waals surface area contributed by atoms with Gasteiger partial charge in [-0.15, -0.1) is 0 Å². The molecule has 0 aliphatic heterocycles. The van der Waals surface area contributed by atoms with E-state index in [2.05, 4.69) is 12.2 Å². The number of carboxylic acids is 2. The quantitative estimate of drug-likeness (QED) is 0.181. The van der Waals surface area contributed by atoms with Crippen molar-refractivity contribution in [2.24, 2.45) is 11.8 Å². The Kier molecular flexibility index (Phi) is 14.0. The summed E-state index contributed by atoms with van der Waals surface area (Å²) in [6.45, 7) is 6.55. The number of nitrogens with zero attached hydrogens (tertiary/aromatic N) is 1. The lowest BCUT2D eigenvalue weighted by molar-refractivity contribution is -0.932. The largest absolute Gasteiger partial charge is 0.550 e. The summed E-state index contributed by atoms with van der Waals surface area (Å²) in [5, 5.41) is 33.3. The Balaban J connectivity index is 5.30. The molecule has 8 nitrogen and oxygen atoms in total. The molecule has 0 radical (unpaired) electrons. The minimum atomic E-state index is -1.18. The first-order valence-electron chi connectivity index (χ1n) is 10.6. The topological polar surface area (TPSA) is 127 Å². The number of allylic oxidation sites excluding steroid dienone is 1. The fraction of sp³-hybridized carbons (Fsp3) is 0.762. The summed E-state index contributed by atoms with van der Waals surface area (Å²) >= 11 is 0. The van der Waals surface area contributed by atoms with E-state index in [1.165, 1.54) is 6.08 Å². The van der Waals surface area contributed by atoms with Crippen LogP contribution in [0.1, 0.15) is 52.9 Å². The predicted molar refractivity (Wildman–Crippen MR) is 109 cm³/mol. The van der Waals surface area contributed by atoms with Gasteiger partial charge in [0.25, 0.3) is 0 Å². The Bertz CT molecular complexity index is 511. The number of nitrogens with one attached hydrogen (secondary N) is 1. The number of aliphatic hydroxyl groups excluding tert-OH is 1. The van der Waals surface area contributed by atoms with Gasteiger partial charge >= 0.3 is 5.97 Å². The molecule has 3 atom stereocenters. The van der Waals surface area contributed by atoms with E-state index in [9.17, 15) is 29.7 Å². The average Bonchev–Trinajstić information content (AvgIpc) is 2.67. The van der Waals surface area contributed by atoms with Gasteiger partial charge in [0.1, 0.15) is 12.5 Å². The highest BCUT2D eigenvalue weighted by Crippen LogP contribution is 2.19. The van der Waals surface area contributed by atoms with Crippen LogP contribution in [0.5, 0.6) is 0 Å². The van der Waals surface area contributed by atoms with Crippen LogP contribution in [0, 0.1) is 11.8 Å². The number of carbonyl (C=O) groups is 3. The van der Waals surface area contributed by atoms with Crippen molar-refractivity contribution in [3.8, 4) is 0 Å². The fourth-order valence-electron chi connectivity index (χ4n) is 3.44. The third-order valence-electron chi connectivity index (χ3n) is 5.34. The van der Waals surface area contributed by atoms with E-state index in [0.29, 0.717) is 19.4 Å². The van der Waals surface area contributed by atoms with Gasteiger partial charge in [-0.2, -0.15) is 0 Å². The zero-order valence-corrected chi connectivity index (χ0v) is 18.1. The minimum absolute atomic E-state index is 0.105. The van der Waals surface area contributed by atoms with Crippen LogP contribution in [0.25, 0.3) is 0 Å². The van der Waals surface area contributed by atoms with Crippen LogP contribution >= 0.6 is 0 Å². The second-order valence-corrected chi connectivity index (χ2v) is 7.58. The van der Waals surface area contributed by atoms with Crippen LogP contribution in [0.4, 0.5) is 0 Å². The number of hydrogen-bond acceptors (Lipinski definition) is 5. The number of quaternary nitrogens is 1. The predicted octanol–water partition coefficient (Wildman–Crippen LogP) is 0.545. The Morgan fingerprint density at radius 2 is 1.69 bits per heavy atom. The van der Waals surface area contributed by atoms with Crippen molar-refractivity contribution in [3.05, 3.63) is 12.2 Å². The van der Waals surface area contributed by atoms with Gasteiger partial charge in [-0.1, -0.05) is 39.7 Å². The summed E-state index contributed by atoms with van der Waals surface area (Å²) in [5.41, 5.74) is 0. The van der Waals surface area contributed by atoms with Gasteiger partial charge in [0, 0.05) is 5.92 Å². The van der Waals surface area contributed by atoms with Crippen molar-refractivity contribution in [1.82, 2.24) is 5.32 Å². The molecule has 3 N–H and O–H groups in total. The summed E-state index contributed by atoms with van der Waals surface area (Å²) in [4.78, 5) is 35.0. The minimum Gasteiger partial charge on any atom is -0.550 e. The van der Waals surface area contributed by atoms with Crippen LogP contribution in [0.2, 0.25) is 0 Å². The Morgan fingerprint density at radius 3 is 2.17 bits per heavy atom. The highest BCUT2D eigenvalue weighted by atomic mass is 16.4. The molecule has 1 amide bonds. The average molecular weight is 415 g/mol. The number of carboxylic acid groups (broad SMARTS) is 2. The summed E-state index contributed by atoms with van der Waals surface area (Å²) in [6.07, 6.45) is 6.93. The lowest BCUT2D eigenvalue weighted by atomic mass is 10.00. The summed E-state index contributed by atoms with van der Waals surface area (Å²) < 4.78 is 0.105. The number of unbranched alkanes of at least 4 members (excludes halogenated alkanes) is 2. The van der Waals surface area contributed by atoms with Gasteiger partial charge < -0.3 is 29.9 Å². The van der Waals surface area contributed by atoms with Gasteiger partial charge in [0.2, 0.25) is 5.91 Å². The third kappa shape index (κ3) is 11.0. The van der Waals surface area contributed by atoms with E-state index < -0.39 is 23.8 Å². The van der Waals surface area contributed by atoms with Crippen LogP contribution in [0.15, 0.2) is 12.2 Å². The van der Waals surface area contributed by atoms with Gasteiger partial charge in [0.05, 0.1) is 38.8 Å². The first-order valence-corrected chi connectivity index (χ1v) is 10.6. The van der Waals surface area contributed by atoms with Crippen molar-refractivity contribution >= 4 is 17.8 Å². The zero-order valence-electron chi connectivity index (χ0n) is 18.1. The number of hydrogen-bond donors (Lipinski definition) is 3. The maximum Gasteiger partial charge on any atom is 0.312 e. The molecule has 0 heterocycles. The van der Waals surface area contributed by atoms with E-state index in [1.807, 2.05) is 6.08 Å². The molecule has 0 saturated heterocycles. The van der Waals surface area contributed by atoms with E-state index >= 15 is 0 Å². The molecule has 0 saturated carbocycles. The van der Waals surface area contributed by atoms with Gasteiger partial charge in [0.15, 0.2) is 0 Å². The second kappa shape index (κ2) is 15.0. The highest BCUT2D eigenvalue weighted by molar-refractivity contribution is 5.87. The molecule has 0 aliphatic carbocycles. The Morgan fingerprint density at radius 1 is 1.07 bits per heavy atom. The van der Waals surface area contributed by atoms with E-state index in [-0.39, 0.29) is 43.2 Å². The molecule has 0 spiro atoms. The lowest BCUT2D eigenvalue weighted by Gasteiger charge is -2.42. The molecule has 168 valence electrons. The van der Waals surface area contributed by atoms with Gasteiger partial charge in [-0.25, -0.2) is 0 Å². The normalized spacial score (nSPS) is 15.6. The smallest absolute Gasteiger partial charge is 0.312 e. The van der Waals surface area contributed by atoms with E-state index in [0.717, 1.165) is 19.3 Å². The maximum atomic E-state index is 12.0. The monoisotopic (exact) mass is 414 g/mol. The van der Waals surface area contributed by atoms with Crippen LogP contribution < -0.4 is 10.4 Å². The molecule has 0 fully saturated rings. The van der Waals surface area contributed by atoms with Crippen LogP contribution in [-0.4, -0.2) is 71.9 Å². The Labute approximate surface area is 174 Å². The summed E-state index contributed by atoms with van der Waals surface area (Å²) in [7, 11) is 0. The molecule has 0 rings (SSSR count). The van der Waals surface area contributed by atoms with E-state index in [4.69, 9.17) is 0 Å². The number of aliphatic carboxylic acids is 2. The molecule has 0 aromatic carbocycles. The number of carbonyl (C=O) groups excluding carboxylic acids is 2. The second-order valence-electron chi connectivity index (χ2n) is 7.58. The summed E-state index contributed by atoms with van der Waals surface area (Å²) in [6, 6.07) is 0. The molecule has 0 bridgehead atoms. The molecule has 0 aliphatic rings. The van der Waals surface area contributed by atoms with E-state index in [1.54, 1.807) is 13.8 Å². The molecule has 0 aromatic rings. The van der Waals surface area contributed by atoms with Crippen molar-refractivity contribution in [3.63, 3.8) is 0 Å². The maximum absolute atomic E-state index is 12.0. The SMILES string of the molecule is CCCC/C=C/C(=O)NCC[N+](CCO)(CC(CC)C(=O)[O-])CC(CC)C(=O)O. The molecule has 0 aromatic heterocycles. The fourth-order valence-corrected chi connectivity index (χ4v) is 3.44. The van der Waals surface area contributed by atoms with Crippen molar-refractivity contribution < 1.29 is 34.2 Å². The van der Waals surface area contributed by atoms with Crippen LogP contribution in [0.3, 0.4) is 0 Å². The zero-order chi connectivity index (χ0) is 22.3. The molecule has 29 heavy (non-hydrogen) atoms. The first-order chi connectivity index (χ1) is 13.7. The van der Waals surface area contributed by atoms with Gasteiger partial charge in [-0.3, -0.25) is 9.59 Å². The lowest BCUT2D eigenvalue weighted by Crippen LogP contribution is -2.59. The van der Waals surface area contributed by atoms with Crippen molar-refractivity contribution in [1.29, 1.82) is 0 Å². The molecule has 8 heteroatoms. The summed E-state index contributed by atoms with van der Waals surface area (Å²) in [5.74, 6) is -3.78. The third-order valence-corrected chi connectivity index (χ3v) is 5.34. The molecular formula is C21H38N2O6. The van der Waals surface area contributed by atoms with Crippen molar-refractivity contribution in [2.45, 2.75) is 52.9 Å². The number of aliphatic hydroxyl groups is 1. The number of amides is 1. The molecule has 3 unspecified atom stereocenters. The molecular weight excluding hydrogens is 376 g/mol. The Hall–Kier alpha value is -1.93. The van der Waals surface area contributed by atoms with Crippen LogP contribution in [-0.2, 0) is 14.4 Å². The van der Waals surface area contributed by atoms with Crippen molar-refractivity contribution in [2.75, 3.05) is 39.3 Å². The number of rotatable bonds is 17. The standard InChI is InChI=1S/C21H38N2O6/c1-4-7-8-9-10-19(25)22-11-12-23(13-14-24,15-17(5-2)20(26)27)16-18(6-3)21(28)29/h9-10,17-18,24H,4-8,11-16H2,1-3H3,(H2-,22,25,26,27,28,29)/b10-9+. The highest BCUT2D eigenvalue weighted by Gasteiger charge is 2.35. The van der Waals surface area contributed by atoms with Gasteiger partial charge in [-0.05, 0) is 25.3 Å². The first kappa shape index (κ1) is 27.1.